The van der Waals surface area contributed by atoms with Gasteiger partial charge in [-0.05, 0) is 64.0 Å². The molecule has 0 heterocycles. The fourth-order valence-electron chi connectivity index (χ4n) is 1.97. The van der Waals surface area contributed by atoms with Gasteiger partial charge in [0.2, 0.25) is 5.91 Å². The molecular formula is C18H18BrN3O4. The Morgan fingerprint density at radius 1 is 1.23 bits per heavy atom. The molecule has 0 aliphatic rings. The summed E-state index contributed by atoms with van der Waals surface area (Å²) in [5, 5.41) is 15.9. The summed E-state index contributed by atoms with van der Waals surface area (Å²) in [6, 6.07) is 11.5. The van der Waals surface area contributed by atoms with Crippen LogP contribution in [-0.2, 0) is 4.79 Å². The van der Waals surface area contributed by atoms with Crippen LogP contribution in [-0.4, -0.2) is 36.8 Å². The van der Waals surface area contributed by atoms with E-state index in [-0.39, 0.29) is 30.5 Å². The van der Waals surface area contributed by atoms with Gasteiger partial charge in [0.1, 0.15) is 11.5 Å². The van der Waals surface area contributed by atoms with Crippen molar-refractivity contribution >= 4 is 34.0 Å². The number of phenols is 1. The number of hydrogen-bond donors (Lipinski definition) is 3. The summed E-state index contributed by atoms with van der Waals surface area (Å²) in [7, 11) is 1.55. The molecular weight excluding hydrogens is 402 g/mol. The first-order valence-corrected chi connectivity index (χ1v) is 8.51. The number of hydrogen-bond acceptors (Lipinski definition) is 5. The van der Waals surface area contributed by atoms with Crippen LogP contribution in [0.1, 0.15) is 22.3 Å². The first-order chi connectivity index (χ1) is 12.5. The molecule has 3 N–H and O–H groups in total. The molecule has 0 aromatic heterocycles. The Labute approximate surface area is 159 Å². The van der Waals surface area contributed by atoms with Crippen molar-refractivity contribution in [3.05, 3.63) is 58.1 Å². The van der Waals surface area contributed by atoms with Crippen LogP contribution in [0, 0.1) is 0 Å². The average Bonchev–Trinajstić information content (AvgIpc) is 2.64. The summed E-state index contributed by atoms with van der Waals surface area (Å²) in [6.45, 7) is 0.191. The minimum atomic E-state index is -0.325. The number of halogens is 1. The molecule has 0 spiro atoms. The highest BCUT2D eigenvalue weighted by Crippen LogP contribution is 2.23. The van der Waals surface area contributed by atoms with Gasteiger partial charge in [-0.25, -0.2) is 5.43 Å². The molecule has 0 saturated carbocycles. The normalized spacial score (nSPS) is 10.5. The first-order valence-electron chi connectivity index (χ1n) is 7.72. The number of rotatable bonds is 7. The lowest BCUT2D eigenvalue weighted by Crippen LogP contribution is -2.29. The van der Waals surface area contributed by atoms with Gasteiger partial charge in [0, 0.05) is 18.5 Å². The Bertz CT molecular complexity index is 807. The molecule has 8 heteroatoms. The van der Waals surface area contributed by atoms with Crippen molar-refractivity contribution in [2.24, 2.45) is 5.10 Å². The lowest BCUT2D eigenvalue weighted by atomic mass is 10.2. The van der Waals surface area contributed by atoms with E-state index in [2.05, 4.69) is 31.8 Å². The lowest BCUT2D eigenvalue weighted by molar-refractivity contribution is -0.120. The maximum Gasteiger partial charge on any atom is 0.251 e. The zero-order valence-corrected chi connectivity index (χ0v) is 15.6. The Morgan fingerprint density at radius 2 is 1.96 bits per heavy atom. The molecule has 0 unspecified atom stereocenters. The average molecular weight is 420 g/mol. The van der Waals surface area contributed by atoms with E-state index in [0.717, 1.165) is 0 Å². The summed E-state index contributed by atoms with van der Waals surface area (Å²) >= 11 is 3.20. The van der Waals surface area contributed by atoms with Crippen molar-refractivity contribution in [3.63, 3.8) is 0 Å². The number of ether oxygens (including phenoxy) is 1. The van der Waals surface area contributed by atoms with E-state index in [9.17, 15) is 14.7 Å². The molecule has 2 rings (SSSR count). The van der Waals surface area contributed by atoms with Gasteiger partial charge in [-0.3, -0.25) is 9.59 Å². The minimum Gasteiger partial charge on any atom is -0.507 e. The molecule has 0 aliphatic heterocycles. The number of methoxy groups -OCH3 is 1. The zero-order chi connectivity index (χ0) is 18.9. The molecule has 2 aromatic rings. The number of carbonyl (C=O) groups excluding carboxylic acids is 2. The van der Waals surface area contributed by atoms with Gasteiger partial charge in [-0.15, -0.1) is 0 Å². The van der Waals surface area contributed by atoms with Gasteiger partial charge < -0.3 is 15.2 Å². The highest BCUT2D eigenvalue weighted by Gasteiger charge is 2.06. The maximum atomic E-state index is 11.9. The first kappa shape index (κ1) is 19.5. The van der Waals surface area contributed by atoms with Crippen LogP contribution in [0.15, 0.2) is 52.0 Å². The fraction of sp³-hybridized carbons (Fsp3) is 0.167. The van der Waals surface area contributed by atoms with Crippen molar-refractivity contribution in [3.8, 4) is 11.5 Å². The summed E-state index contributed by atoms with van der Waals surface area (Å²) in [4.78, 5) is 23.7. The van der Waals surface area contributed by atoms with Gasteiger partial charge in [0.25, 0.3) is 5.91 Å². The predicted octanol–water partition coefficient (Wildman–Crippen LogP) is 2.43. The molecule has 0 fully saturated rings. The Hall–Kier alpha value is -2.87. The summed E-state index contributed by atoms with van der Waals surface area (Å²) < 4.78 is 5.57. The maximum absolute atomic E-state index is 11.9. The molecule has 2 amide bonds. The van der Waals surface area contributed by atoms with Crippen molar-refractivity contribution in [2.45, 2.75) is 6.42 Å². The second-order valence-electron chi connectivity index (χ2n) is 5.24. The van der Waals surface area contributed by atoms with Crippen molar-refractivity contribution < 1.29 is 19.4 Å². The van der Waals surface area contributed by atoms with Crippen LogP contribution >= 0.6 is 15.9 Å². The predicted molar refractivity (Wildman–Crippen MR) is 101 cm³/mol. The SMILES string of the molecule is COc1ccc(C(=O)NCCC(=O)NN=Cc2ccc(O)c(Br)c2)cc1. The molecule has 7 nitrogen and oxygen atoms in total. The second kappa shape index (κ2) is 9.57. The number of carbonyl (C=O) groups is 2. The third-order valence-electron chi connectivity index (χ3n) is 3.36. The monoisotopic (exact) mass is 419 g/mol. The van der Waals surface area contributed by atoms with Gasteiger partial charge >= 0.3 is 0 Å². The molecule has 0 bridgehead atoms. The topological polar surface area (TPSA) is 100 Å². The number of phenolic OH excluding ortho intramolecular Hbond substituents is 1. The van der Waals surface area contributed by atoms with E-state index in [0.29, 0.717) is 21.3 Å². The molecule has 0 saturated heterocycles. The van der Waals surface area contributed by atoms with E-state index in [1.807, 2.05) is 0 Å². The molecule has 0 aliphatic carbocycles. The van der Waals surface area contributed by atoms with Crippen molar-refractivity contribution in [2.75, 3.05) is 13.7 Å². The fourth-order valence-corrected chi connectivity index (χ4v) is 2.37. The van der Waals surface area contributed by atoms with E-state index in [1.165, 1.54) is 12.3 Å². The third-order valence-corrected chi connectivity index (χ3v) is 4.00. The molecule has 2 aromatic carbocycles. The number of benzene rings is 2. The van der Waals surface area contributed by atoms with Crippen LogP contribution in [0.5, 0.6) is 11.5 Å². The van der Waals surface area contributed by atoms with E-state index in [4.69, 9.17) is 4.74 Å². The Kier molecular flexibility index (Phi) is 7.16. The quantitative estimate of drug-likeness (QED) is 0.473. The molecule has 0 radical (unpaired) electrons. The van der Waals surface area contributed by atoms with Gasteiger partial charge in [0.05, 0.1) is 17.8 Å². The van der Waals surface area contributed by atoms with Crippen LogP contribution in [0.2, 0.25) is 0 Å². The van der Waals surface area contributed by atoms with E-state index >= 15 is 0 Å². The highest BCUT2D eigenvalue weighted by atomic mass is 79.9. The Morgan fingerprint density at radius 3 is 2.62 bits per heavy atom. The number of hydrazone groups is 1. The van der Waals surface area contributed by atoms with Gasteiger partial charge in [0.15, 0.2) is 0 Å². The standard InChI is InChI=1S/C18H18BrN3O4/c1-26-14-5-3-13(4-6-14)18(25)20-9-8-17(24)22-21-11-12-2-7-16(23)15(19)10-12/h2-7,10-11,23H,8-9H2,1H3,(H,20,25)(H,22,24). The van der Waals surface area contributed by atoms with E-state index < -0.39 is 0 Å². The van der Waals surface area contributed by atoms with Gasteiger partial charge in [-0.2, -0.15) is 5.10 Å². The van der Waals surface area contributed by atoms with Crippen molar-refractivity contribution in [1.82, 2.24) is 10.7 Å². The lowest BCUT2D eigenvalue weighted by Gasteiger charge is -2.05. The Balaban J connectivity index is 1.73. The van der Waals surface area contributed by atoms with E-state index in [1.54, 1.807) is 43.5 Å². The number of nitrogens with zero attached hydrogens (tertiary/aromatic N) is 1. The number of amides is 2. The second-order valence-corrected chi connectivity index (χ2v) is 6.09. The van der Waals surface area contributed by atoms with Gasteiger partial charge in [-0.1, -0.05) is 0 Å². The van der Waals surface area contributed by atoms with Crippen LogP contribution < -0.4 is 15.5 Å². The van der Waals surface area contributed by atoms with Crippen molar-refractivity contribution in [1.29, 1.82) is 0 Å². The summed E-state index contributed by atoms with van der Waals surface area (Å²) in [5.74, 6) is 0.199. The summed E-state index contributed by atoms with van der Waals surface area (Å²) in [6.07, 6.45) is 1.55. The van der Waals surface area contributed by atoms with Crippen LogP contribution in [0.25, 0.3) is 0 Å². The van der Waals surface area contributed by atoms with Crippen LogP contribution in [0.3, 0.4) is 0 Å². The van der Waals surface area contributed by atoms with Crippen LogP contribution in [0.4, 0.5) is 0 Å². The molecule has 26 heavy (non-hydrogen) atoms. The number of nitrogens with one attached hydrogen (secondary N) is 2. The third kappa shape index (κ3) is 5.89. The highest BCUT2D eigenvalue weighted by molar-refractivity contribution is 9.10. The molecule has 136 valence electrons. The summed E-state index contributed by atoms with van der Waals surface area (Å²) in [5.41, 5.74) is 3.58. The minimum absolute atomic E-state index is 0.0957. The molecule has 0 atom stereocenters. The largest absolute Gasteiger partial charge is 0.507 e. The number of aromatic hydroxyl groups is 1. The zero-order valence-electron chi connectivity index (χ0n) is 14.0. The smallest absolute Gasteiger partial charge is 0.251 e.